The third kappa shape index (κ3) is 9.66. The van der Waals surface area contributed by atoms with E-state index in [1.54, 1.807) is 0 Å². The topological polar surface area (TPSA) is 70.7 Å². The van der Waals surface area contributed by atoms with Gasteiger partial charge in [-0.25, -0.2) is 4.79 Å². The highest BCUT2D eigenvalue weighted by Gasteiger charge is 2.45. The number of hydrogen-bond acceptors (Lipinski definition) is 5. The van der Waals surface area contributed by atoms with Crippen molar-refractivity contribution in [2.45, 2.75) is 108 Å². The van der Waals surface area contributed by atoms with Gasteiger partial charge >= 0.3 is 6.09 Å². The van der Waals surface area contributed by atoms with Crippen LogP contribution in [-0.4, -0.2) is 59.0 Å². The van der Waals surface area contributed by atoms with E-state index in [2.05, 4.69) is 136 Å². The van der Waals surface area contributed by atoms with Gasteiger partial charge in [-0.05, 0) is 69.1 Å². The zero-order valence-electron chi connectivity index (χ0n) is 30.2. The third-order valence-corrected chi connectivity index (χ3v) is 10.9. The zero-order valence-corrected chi connectivity index (χ0v) is 31.1. The Balaban J connectivity index is 1.67. The monoisotopic (exact) mass is 671 g/mol. The number of thioether (sulfide) groups is 1. The molecule has 0 radical (unpaired) electrons. The van der Waals surface area contributed by atoms with E-state index >= 15 is 0 Å². The molecular weight excluding hydrogens is 615 g/mol. The summed E-state index contributed by atoms with van der Waals surface area (Å²) in [5, 5.41) is 6.98. The summed E-state index contributed by atoms with van der Waals surface area (Å²) in [4.78, 5) is 29.3. The van der Waals surface area contributed by atoms with Crippen molar-refractivity contribution >= 4 is 23.8 Å². The van der Waals surface area contributed by atoms with Gasteiger partial charge in [0.05, 0.1) is 10.8 Å². The zero-order chi connectivity index (χ0) is 34.9. The quantitative estimate of drug-likeness (QED) is 0.168. The van der Waals surface area contributed by atoms with Crippen LogP contribution in [0, 0.1) is 11.8 Å². The Kier molecular flexibility index (Phi) is 13.2. The van der Waals surface area contributed by atoms with Gasteiger partial charge in [-0.15, -0.1) is 11.8 Å². The number of ether oxygens (including phenoxy) is 1. The molecule has 1 unspecified atom stereocenters. The van der Waals surface area contributed by atoms with Crippen LogP contribution >= 0.6 is 11.8 Å². The molecule has 1 fully saturated rings. The summed E-state index contributed by atoms with van der Waals surface area (Å²) in [5.41, 5.74) is 2.97. The van der Waals surface area contributed by atoms with Crippen molar-refractivity contribution in [1.29, 1.82) is 0 Å². The predicted molar refractivity (Wildman–Crippen MR) is 200 cm³/mol. The Bertz CT molecular complexity index is 1330. The van der Waals surface area contributed by atoms with Gasteiger partial charge in [-0.3, -0.25) is 4.79 Å². The molecule has 0 bridgehead atoms. The lowest BCUT2D eigenvalue weighted by molar-refractivity contribution is -0.125. The van der Waals surface area contributed by atoms with Crippen molar-refractivity contribution in [1.82, 2.24) is 15.5 Å². The van der Waals surface area contributed by atoms with Crippen LogP contribution in [-0.2, 0) is 14.3 Å². The van der Waals surface area contributed by atoms with Crippen LogP contribution in [0.25, 0.3) is 0 Å². The molecule has 0 aromatic heterocycles. The molecule has 6 nitrogen and oxygen atoms in total. The molecule has 0 aliphatic carbocycles. The van der Waals surface area contributed by atoms with Crippen LogP contribution in [0.15, 0.2) is 91.0 Å². The van der Waals surface area contributed by atoms with Crippen LogP contribution < -0.4 is 10.6 Å². The van der Waals surface area contributed by atoms with Crippen LogP contribution in [0.2, 0.25) is 0 Å². The van der Waals surface area contributed by atoms with Gasteiger partial charge in [-0.2, -0.15) is 0 Å². The summed E-state index contributed by atoms with van der Waals surface area (Å²) in [6, 6.07) is 31.7. The fourth-order valence-electron chi connectivity index (χ4n) is 6.82. The number of benzene rings is 3. The molecule has 48 heavy (non-hydrogen) atoms. The van der Waals surface area contributed by atoms with E-state index in [4.69, 9.17) is 4.74 Å². The SMILES string of the molecule is CC[C@H](C)[C@H](NC[C@H]1C[C@@H](SC(c2ccccc2)(c2ccccc2)c2ccccc2)CN1C(=O)OC(C)(C)C)C(=O)NC(C)CC(C)C. The molecule has 1 saturated heterocycles. The van der Waals surface area contributed by atoms with Gasteiger partial charge in [0.25, 0.3) is 0 Å². The van der Waals surface area contributed by atoms with Crippen molar-refractivity contribution in [2.75, 3.05) is 13.1 Å². The minimum Gasteiger partial charge on any atom is -0.444 e. The summed E-state index contributed by atoms with van der Waals surface area (Å²) >= 11 is 1.91. The minimum atomic E-state index is -0.617. The molecule has 5 atom stereocenters. The molecule has 260 valence electrons. The smallest absolute Gasteiger partial charge is 0.410 e. The maximum Gasteiger partial charge on any atom is 0.410 e. The molecule has 1 aliphatic rings. The first kappa shape index (κ1) is 37.5. The second kappa shape index (κ2) is 16.9. The Morgan fingerprint density at radius 2 is 1.35 bits per heavy atom. The van der Waals surface area contributed by atoms with E-state index < -0.39 is 10.3 Å². The highest BCUT2D eigenvalue weighted by Crippen LogP contribution is 2.52. The highest BCUT2D eigenvalue weighted by molar-refractivity contribution is 8.01. The molecular formula is C41H57N3O3S. The normalized spacial score (nSPS) is 18.7. The second-order valence-corrected chi connectivity index (χ2v) is 16.4. The van der Waals surface area contributed by atoms with Crippen LogP contribution in [0.1, 0.15) is 91.3 Å². The minimum absolute atomic E-state index is 0.0292. The number of nitrogens with one attached hydrogen (secondary N) is 2. The fourth-order valence-corrected chi connectivity index (χ4v) is 8.69. The maximum absolute atomic E-state index is 13.8. The number of carbonyl (C=O) groups excluding carboxylic acids is 2. The summed E-state index contributed by atoms with van der Waals surface area (Å²) in [6.45, 7) is 17.5. The average Bonchev–Trinajstić information content (AvgIpc) is 3.46. The van der Waals surface area contributed by atoms with Gasteiger partial charge < -0.3 is 20.3 Å². The van der Waals surface area contributed by atoms with E-state index in [1.807, 2.05) is 37.4 Å². The van der Waals surface area contributed by atoms with Crippen LogP contribution in [0.3, 0.4) is 0 Å². The number of likely N-dealkylation sites (tertiary alicyclic amines) is 1. The van der Waals surface area contributed by atoms with Gasteiger partial charge in [0, 0.05) is 30.4 Å². The summed E-state index contributed by atoms with van der Waals surface area (Å²) in [6.07, 6.45) is 2.26. The second-order valence-electron chi connectivity index (χ2n) is 14.9. The number of hydrogen-bond donors (Lipinski definition) is 2. The van der Waals surface area contributed by atoms with E-state index in [-0.39, 0.29) is 41.3 Å². The molecule has 0 saturated carbocycles. The van der Waals surface area contributed by atoms with Gasteiger partial charge in [0.15, 0.2) is 0 Å². The molecule has 7 heteroatoms. The lowest BCUT2D eigenvalue weighted by Crippen LogP contribution is -2.53. The number of rotatable bonds is 14. The maximum atomic E-state index is 13.8. The molecule has 3 aromatic carbocycles. The van der Waals surface area contributed by atoms with Crippen LogP contribution in [0.4, 0.5) is 4.79 Å². The molecule has 2 amide bonds. The molecule has 3 aromatic rings. The fraction of sp³-hybridized carbons (Fsp3) is 0.512. The first-order valence-corrected chi connectivity index (χ1v) is 18.6. The summed E-state index contributed by atoms with van der Waals surface area (Å²) in [5.74, 6) is 0.668. The number of amides is 2. The van der Waals surface area contributed by atoms with E-state index in [1.165, 1.54) is 16.7 Å². The first-order valence-electron chi connectivity index (χ1n) is 17.7. The van der Waals surface area contributed by atoms with Crippen molar-refractivity contribution in [3.8, 4) is 0 Å². The lowest BCUT2D eigenvalue weighted by atomic mass is 9.84. The molecule has 2 N–H and O–H groups in total. The highest BCUT2D eigenvalue weighted by atomic mass is 32.2. The van der Waals surface area contributed by atoms with Gasteiger partial charge in [0.1, 0.15) is 5.60 Å². The van der Waals surface area contributed by atoms with E-state index in [9.17, 15) is 9.59 Å². The molecule has 4 rings (SSSR count). The summed E-state index contributed by atoms with van der Waals surface area (Å²) < 4.78 is 5.47. The lowest BCUT2D eigenvalue weighted by Gasteiger charge is -2.37. The van der Waals surface area contributed by atoms with Gasteiger partial charge in [0.2, 0.25) is 5.91 Å². The van der Waals surface area contributed by atoms with Crippen molar-refractivity contribution in [3.05, 3.63) is 108 Å². The van der Waals surface area contributed by atoms with Gasteiger partial charge in [-0.1, -0.05) is 125 Å². The van der Waals surface area contributed by atoms with Crippen molar-refractivity contribution < 1.29 is 14.3 Å². The third-order valence-electron chi connectivity index (χ3n) is 9.17. The van der Waals surface area contributed by atoms with Crippen molar-refractivity contribution in [3.63, 3.8) is 0 Å². The summed E-state index contributed by atoms with van der Waals surface area (Å²) in [7, 11) is 0. The predicted octanol–water partition coefficient (Wildman–Crippen LogP) is 8.64. The van der Waals surface area contributed by atoms with E-state index in [0.29, 0.717) is 19.0 Å². The Hall–Kier alpha value is -3.29. The number of carbonyl (C=O) groups is 2. The first-order chi connectivity index (χ1) is 22.8. The van der Waals surface area contributed by atoms with E-state index in [0.717, 1.165) is 19.3 Å². The standard InChI is InChI=1S/C41H57N3O3S/c1-9-30(4)37(38(45)43-31(5)25-29(2)3)42-27-35-26-36(28-44(35)39(46)47-40(6,7)8)48-41(32-19-13-10-14-20-32,33-21-15-11-16-22-33)34-23-17-12-18-24-34/h10-24,29-31,35-37,42H,9,25-28H2,1-8H3,(H,43,45)/t30-,31?,35+,36+,37-/m0/s1. The molecule has 1 aliphatic heterocycles. The Morgan fingerprint density at radius 1 is 0.854 bits per heavy atom. The molecule has 0 spiro atoms. The Morgan fingerprint density at radius 3 is 1.79 bits per heavy atom. The average molecular weight is 672 g/mol. The number of nitrogens with zero attached hydrogens (tertiary/aromatic N) is 1. The van der Waals surface area contributed by atoms with Crippen LogP contribution in [0.5, 0.6) is 0 Å². The molecule has 1 heterocycles. The Labute approximate surface area is 293 Å². The van der Waals surface area contributed by atoms with Crippen molar-refractivity contribution in [2.24, 2.45) is 11.8 Å². The largest absolute Gasteiger partial charge is 0.444 e.